The zero-order chi connectivity index (χ0) is 6.69. The third-order valence-electron chi connectivity index (χ3n) is 1.04. The van der Waals surface area contributed by atoms with Gasteiger partial charge in [0.1, 0.15) is 19.3 Å². The largest absolute Gasteiger partial charge is 0.461 e. The lowest BCUT2D eigenvalue weighted by atomic mass is 10.4. The van der Waals surface area contributed by atoms with Gasteiger partial charge in [-0.2, -0.15) is 0 Å². The Morgan fingerprint density at radius 2 is 2.56 bits per heavy atom. The molecule has 1 heterocycles. The summed E-state index contributed by atoms with van der Waals surface area (Å²) in [6.45, 7) is 0.333. The molecule has 0 aromatic rings. The van der Waals surface area contributed by atoms with Gasteiger partial charge in [0.15, 0.2) is 0 Å². The van der Waals surface area contributed by atoms with Gasteiger partial charge in [0.25, 0.3) is 0 Å². The molecule has 1 rings (SSSR count). The van der Waals surface area contributed by atoms with Crippen LogP contribution in [0.4, 0.5) is 0 Å². The lowest BCUT2D eigenvalue weighted by Crippen LogP contribution is -2.33. The van der Waals surface area contributed by atoms with Gasteiger partial charge >= 0.3 is 5.97 Å². The molecule has 0 bridgehead atoms. The molecule has 1 aliphatic rings. The van der Waals surface area contributed by atoms with Crippen LogP contribution in [0, 0.1) is 0 Å². The summed E-state index contributed by atoms with van der Waals surface area (Å²) in [5.41, 5.74) is 0. The van der Waals surface area contributed by atoms with Gasteiger partial charge in [-0.05, 0) is 0 Å². The summed E-state index contributed by atoms with van der Waals surface area (Å²) in [5.74, 6) is 0.0733. The Hall–Kier alpha value is -0.280. The van der Waals surface area contributed by atoms with E-state index in [2.05, 4.69) is 4.74 Å². The first-order valence-electron chi connectivity index (χ1n) is 2.66. The minimum atomic E-state index is -0.309. The molecule has 0 aliphatic carbocycles. The SMILES string of the molecule is O=C1COC(CCl)CO1. The number of rotatable bonds is 1. The van der Waals surface area contributed by atoms with Crippen molar-refractivity contribution in [3.63, 3.8) is 0 Å². The Morgan fingerprint density at radius 1 is 1.78 bits per heavy atom. The smallest absolute Gasteiger partial charge is 0.332 e. The van der Waals surface area contributed by atoms with Gasteiger partial charge in [-0.3, -0.25) is 0 Å². The molecule has 52 valence electrons. The Bertz CT molecular complexity index is 105. The molecule has 0 aromatic carbocycles. The highest BCUT2D eigenvalue weighted by molar-refractivity contribution is 6.18. The maximum atomic E-state index is 10.3. The lowest BCUT2D eigenvalue weighted by Gasteiger charge is -2.19. The third-order valence-corrected chi connectivity index (χ3v) is 1.38. The summed E-state index contributed by atoms with van der Waals surface area (Å²) in [6, 6.07) is 0. The first-order valence-corrected chi connectivity index (χ1v) is 3.19. The number of halogens is 1. The van der Waals surface area contributed by atoms with Crippen LogP contribution in [0.1, 0.15) is 0 Å². The van der Waals surface area contributed by atoms with Crippen molar-refractivity contribution in [1.29, 1.82) is 0 Å². The van der Waals surface area contributed by atoms with E-state index in [1.165, 1.54) is 0 Å². The van der Waals surface area contributed by atoms with Crippen LogP contribution in [-0.4, -0.2) is 31.2 Å². The number of cyclic esters (lactones) is 1. The van der Waals surface area contributed by atoms with E-state index in [1.807, 2.05) is 0 Å². The van der Waals surface area contributed by atoms with Gasteiger partial charge in [0.05, 0.1) is 5.88 Å². The average molecular weight is 151 g/mol. The summed E-state index contributed by atoms with van der Waals surface area (Å²) in [7, 11) is 0. The van der Waals surface area contributed by atoms with Gasteiger partial charge in [0, 0.05) is 0 Å². The van der Waals surface area contributed by atoms with E-state index in [1.54, 1.807) is 0 Å². The number of alkyl halides is 1. The molecule has 0 radical (unpaired) electrons. The summed E-state index contributed by atoms with van der Waals surface area (Å²) in [6.07, 6.45) is -0.107. The maximum absolute atomic E-state index is 10.3. The molecule has 1 fully saturated rings. The summed E-state index contributed by atoms with van der Waals surface area (Å²) in [5, 5.41) is 0. The van der Waals surface area contributed by atoms with E-state index in [0.29, 0.717) is 12.5 Å². The first kappa shape index (κ1) is 6.83. The van der Waals surface area contributed by atoms with Crippen LogP contribution in [0.25, 0.3) is 0 Å². The normalized spacial score (nSPS) is 27.7. The van der Waals surface area contributed by atoms with Crippen LogP contribution in [0.2, 0.25) is 0 Å². The summed E-state index contributed by atoms with van der Waals surface area (Å²) >= 11 is 5.41. The van der Waals surface area contributed by atoms with Crippen LogP contribution in [0.5, 0.6) is 0 Å². The quantitative estimate of drug-likeness (QED) is 0.395. The Labute approximate surface area is 57.9 Å². The Morgan fingerprint density at radius 3 is 3.00 bits per heavy atom. The van der Waals surface area contributed by atoms with Gasteiger partial charge in [-0.15, -0.1) is 11.6 Å². The van der Waals surface area contributed by atoms with Crippen LogP contribution >= 0.6 is 11.6 Å². The Balaban J connectivity index is 2.26. The number of ether oxygens (including phenoxy) is 2. The van der Waals surface area contributed by atoms with Crippen molar-refractivity contribution >= 4 is 17.6 Å². The second-order valence-electron chi connectivity index (χ2n) is 1.77. The topological polar surface area (TPSA) is 35.5 Å². The molecule has 1 aliphatic heterocycles. The minimum Gasteiger partial charge on any atom is -0.461 e. The predicted octanol–water partition coefficient (Wildman–Crippen LogP) is 0.167. The van der Waals surface area contributed by atoms with Crippen LogP contribution in [0.15, 0.2) is 0 Å². The van der Waals surface area contributed by atoms with E-state index in [9.17, 15) is 4.79 Å². The van der Waals surface area contributed by atoms with Crippen molar-refractivity contribution in [3.05, 3.63) is 0 Å². The van der Waals surface area contributed by atoms with E-state index in [0.717, 1.165) is 0 Å². The van der Waals surface area contributed by atoms with E-state index in [4.69, 9.17) is 16.3 Å². The molecule has 0 saturated carbocycles. The monoisotopic (exact) mass is 150 g/mol. The van der Waals surface area contributed by atoms with Gasteiger partial charge in [-0.25, -0.2) is 4.79 Å². The molecular weight excluding hydrogens is 144 g/mol. The fraction of sp³-hybridized carbons (Fsp3) is 0.800. The standard InChI is InChI=1S/C5H7ClO3/c6-1-4-2-9-5(7)3-8-4/h4H,1-3H2. The molecule has 9 heavy (non-hydrogen) atoms. The van der Waals surface area contributed by atoms with Crippen molar-refractivity contribution in [1.82, 2.24) is 0 Å². The van der Waals surface area contributed by atoms with Crippen LogP contribution < -0.4 is 0 Å². The molecule has 1 unspecified atom stereocenters. The molecule has 0 spiro atoms. The van der Waals surface area contributed by atoms with Crippen molar-refractivity contribution in [3.8, 4) is 0 Å². The van der Waals surface area contributed by atoms with Gasteiger partial charge in [-0.1, -0.05) is 0 Å². The minimum absolute atomic E-state index is 0.0391. The highest BCUT2D eigenvalue weighted by Crippen LogP contribution is 2.02. The number of hydrogen-bond acceptors (Lipinski definition) is 3. The van der Waals surface area contributed by atoms with Gasteiger partial charge in [0.2, 0.25) is 0 Å². The summed E-state index contributed by atoms with van der Waals surface area (Å²) < 4.78 is 9.57. The third kappa shape index (κ3) is 1.84. The molecule has 1 atom stereocenters. The zero-order valence-electron chi connectivity index (χ0n) is 4.80. The second-order valence-corrected chi connectivity index (χ2v) is 2.08. The van der Waals surface area contributed by atoms with Crippen molar-refractivity contribution in [2.24, 2.45) is 0 Å². The zero-order valence-corrected chi connectivity index (χ0v) is 5.56. The number of hydrogen-bond donors (Lipinski definition) is 0. The van der Waals surface area contributed by atoms with Crippen LogP contribution in [-0.2, 0) is 14.3 Å². The second kappa shape index (κ2) is 3.03. The molecule has 3 nitrogen and oxygen atoms in total. The first-order chi connectivity index (χ1) is 4.33. The average Bonchev–Trinajstić information content (AvgIpc) is 1.90. The van der Waals surface area contributed by atoms with E-state index < -0.39 is 0 Å². The van der Waals surface area contributed by atoms with E-state index in [-0.39, 0.29) is 18.7 Å². The molecule has 1 saturated heterocycles. The van der Waals surface area contributed by atoms with E-state index >= 15 is 0 Å². The highest BCUT2D eigenvalue weighted by Gasteiger charge is 2.18. The fourth-order valence-corrected chi connectivity index (χ4v) is 0.729. The molecule has 0 aromatic heterocycles. The van der Waals surface area contributed by atoms with Crippen molar-refractivity contribution in [2.75, 3.05) is 19.1 Å². The molecule has 0 N–H and O–H groups in total. The lowest BCUT2D eigenvalue weighted by molar-refractivity contribution is -0.166. The number of carbonyl (C=O) groups excluding carboxylic acids is 1. The fourth-order valence-electron chi connectivity index (χ4n) is 0.551. The molecule has 4 heteroatoms. The van der Waals surface area contributed by atoms with Crippen molar-refractivity contribution < 1.29 is 14.3 Å². The predicted molar refractivity (Wildman–Crippen MR) is 31.4 cm³/mol. The number of carbonyl (C=O) groups is 1. The van der Waals surface area contributed by atoms with Crippen LogP contribution in [0.3, 0.4) is 0 Å². The highest BCUT2D eigenvalue weighted by atomic mass is 35.5. The number of esters is 1. The summed E-state index contributed by atoms with van der Waals surface area (Å²) in [4.78, 5) is 10.3. The van der Waals surface area contributed by atoms with Gasteiger partial charge < -0.3 is 9.47 Å². The maximum Gasteiger partial charge on any atom is 0.332 e. The van der Waals surface area contributed by atoms with Crippen molar-refractivity contribution in [2.45, 2.75) is 6.10 Å². The Kier molecular flexibility index (Phi) is 2.30. The molecular formula is C5H7ClO3. The molecule has 0 amide bonds.